The predicted octanol–water partition coefficient (Wildman–Crippen LogP) is 4.94. The molecule has 27 heavy (non-hydrogen) atoms. The Morgan fingerprint density at radius 1 is 0.889 bits per heavy atom. The summed E-state index contributed by atoms with van der Waals surface area (Å²) in [6.45, 7) is 2.61. The van der Waals surface area contributed by atoms with Gasteiger partial charge in [0.15, 0.2) is 5.78 Å². The van der Waals surface area contributed by atoms with Gasteiger partial charge >= 0.3 is 0 Å². The second kappa shape index (κ2) is 7.08. The zero-order valence-corrected chi connectivity index (χ0v) is 15.0. The van der Waals surface area contributed by atoms with Crippen LogP contribution >= 0.6 is 0 Å². The number of carbonyl (C=O) groups is 2. The smallest absolute Gasteiger partial charge is 0.255 e. The average Bonchev–Trinajstić information content (AvgIpc) is 2.99. The number of amides is 1. The minimum atomic E-state index is -0.269. The molecule has 0 saturated carbocycles. The molecule has 1 aliphatic carbocycles. The average molecular weight is 357 g/mol. The summed E-state index contributed by atoms with van der Waals surface area (Å²) in [6.07, 6.45) is 0.885. The number of ether oxygens (including phenoxy) is 1. The fraction of sp³-hybridized carbons (Fsp3) is 0.130. The molecule has 0 atom stereocenters. The molecule has 0 fully saturated rings. The maximum Gasteiger partial charge on any atom is 0.255 e. The standard InChI is InChI=1S/C23H19NO3/c1-2-13-27-21-10-6-5-9-20(21)24-23(26)15-11-12-17-16-7-3-4-8-18(16)22(25)19(17)14-15/h3-12,14H,2,13H2,1H3,(H,24,26). The Balaban J connectivity index is 1.61. The van der Waals surface area contributed by atoms with Crippen LogP contribution in [0.5, 0.6) is 5.75 Å². The molecule has 4 heteroatoms. The summed E-state index contributed by atoms with van der Waals surface area (Å²) >= 11 is 0. The molecular weight excluding hydrogens is 338 g/mol. The minimum Gasteiger partial charge on any atom is -0.491 e. The molecular formula is C23H19NO3. The molecule has 1 aliphatic rings. The normalized spacial score (nSPS) is 11.7. The summed E-state index contributed by atoms with van der Waals surface area (Å²) in [6, 6.07) is 20.1. The van der Waals surface area contributed by atoms with E-state index >= 15 is 0 Å². The lowest BCUT2D eigenvalue weighted by Gasteiger charge is -2.12. The van der Waals surface area contributed by atoms with E-state index in [1.165, 1.54) is 0 Å². The van der Waals surface area contributed by atoms with Crippen molar-refractivity contribution >= 4 is 17.4 Å². The van der Waals surface area contributed by atoms with Crippen LogP contribution < -0.4 is 10.1 Å². The first-order valence-electron chi connectivity index (χ1n) is 9.00. The largest absolute Gasteiger partial charge is 0.491 e. The second-order valence-electron chi connectivity index (χ2n) is 6.43. The first kappa shape index (κ1) is 17.0. The van der Waals surface area contributed by atoms with Crippen LogP contribution in [0.4, 0.5) is 5.69 Å². The van der Waals surface area contributed by atoms with E-state index in [4.69, 9.17) is 4.74 Å². The molecule has 3 aromatic carbocycles. The van der Waals surface area contributed by atoms with E-state index in [1.807, 2.05) is 55.5 Å². The van der Waals surface area contributed by atoms with Crippen LogP contribution in [-0.2, 0) is 0 Å². The Hall–Kier alpha value is -3.40. The van der Waals surface area contributed by atoms with E-state index in [0.29, 0.717) is 34.7 Å². The van der Waals surface area contributed by atoms with Crippen molar-refractivity contribution in [2.75, 3.05) is 11.9 Å². The highest BCUT2D eigenvalue weighted by Gasteiger charge is 2.27. The number of hydrogen-bond donors (Lipinski definition) is 1. The molecule has 0 spiro atoms. The van der Waals surface area contributed by atoms with Gasteiger partial charge in [-0.1, -0.05) is 49.4 Å². The fourth-order valence-electron chi connectivity index (χ4n) is 3.27. The van der Waals surface area contributed by atoms with Crippen LogP contribution in [0.15, 0.2) is 66.7 Å². The summed E-state index contributed by atoms with van der Waals surface area (Å²) in [7, 11) is 0. The summed E-state index contributed by atoms with van der Waals surface area (Å²) in [5.41, 5.74) is 4.11. The lowest BCUT2D eigenvalue weighted by atomic mass is 10.0. The third-order valence-electron chi connectivity index (χ3n) is 4.59. The number of fused-ring (bicyclic) bond motifs is 3. The van der Waals surface area contributed by atoms with Crippen molar-refractivity contribution in [2.45, 2.75) is 13.3 Å². The van der Waals surface area contributed by atoms with Gasteiger partial charge in [0, 0.05) is 16.7 Å². The van der Waals surface area contributed by atoms with Crippen molar-refractivity contribution in [1.82, 2.24) is 0 Å². The lowest BCUT2D eigenvalue weighted by Crippen LogP contribution is -2.13. The third-order valence-corrected chi connectivity index (χ3v) is 4.59. The molecule has 0 unspecified atom stereocenters. The van der Waals surface area contributed by atoms with Gasteiger partial charge in [-0.05, 0) is 41.8 Å². The van der Waals surface area contributed by atoms with Crippen molar-refractivity contribution in [3.63, 3.8) is 0 Å². The molecule has 0 saturated heterocycles. The Bertz CT molecular complexity index is 1040. The Morgan fingerprint density at radius 3 is 2.41 bits per heavy atom. The summed E-state index contributed by atoms with van der Waals surface area (Å²) < 4.78 is 5.69. The molecule has 0 aromatic heterocycles. The number of nitrogens with one attached hydrogen (secondary N) is 1. The van der Waals surface area contributed by atoms with Gasteiger partial charge in [0.2, 0.25) is 0 Å². The number of rotatable bonds is 5. The van der Waals surface area contributed by atoms with Gasteiger partial charge in [-0.2, -0.15) is 0 Å². The highest BCUT2D eigenvalue weighted by atomic mass is 16.5. The maximum atomic E-state index is 12.7. The van der Waals surface area contributed by atoms with Crippen LogP contribution in [0.1, 0.15) is 39.6 Å². The zero-order valence-electron chi connectivity index (χ0n) is 15.0. The molecule has 4 nitrogen and oxygen atoms in total. The molecule has 0 aliphatic heterocycles. The maximum absolute atomic E-state index is 12.7. The molecule has 4 rings (SSSR count). The van der Waals surface area contributed by atoms with Gasteiger partial charge < -0.3 is 10.1 Å². The van der Waals surface area contributed by atoms with Crippen molar-refractivity contribution in [3.05, 3.63) is 83.4 Å². The van der Waals surface area contributed by atoms with Gasteiger partial charge in [-0.15, -0.1) is 0 Å². The van der Waals surface area contributed by atoms with Gasteiger partial charge in [0.1, 0.15) is 5.75 Å². The lowest BCUT2D eigenvalue weighted by molar-refractivity contribution is 0.102. The van der Waals surface area contributed by atoms with Crippen LogP contribution in [0.2, 0.25) is 0 Å². The topological polar surface area (TPSA) is 55.4 Å². The van der Waals surface area contributed by atoms with Crippen LogP contribution in [0, 0.1) is 0 Å². The van der Waals surface area contributed by atoms with Gasteiger partial charge in [0.05, 0.1) is 12.3 Å². The Labute approximate surface area is 157 Å². The number of benzene rings is 3. The van der Waals surface area contributed by atoms with E-state index in [9.17, 15) is 9.59 Å². The molecule has 0 radical (unpaired) electrons. The number of para-hydroxylation sites is 2. The van der Waals surface area contributed by atoms with Crippen LogP contribution in [0.25, 0.3) is 11.1 Å². The molecule has 0 heterocycles. The zero-order chi connectivity index (χ0) is 18.8. The first-order valence-corrected chi connectivity index (χ1v) is 9.00. The minimum absolute atomic E-state index is 0.0399. The van der Waals surface area contributed by atoms with E-state index in [1.54, 1.807) is 18.2 Å². The monoisotopic (exact) mass is 357 g/mol. The number of carbonyl (C=O) groups excluding carboxylic acids is 2. The number of anilines is 1. The molecule has 3 aromatic rings. The van der Waals surface area contributed by atoms with Gasteiger partial charge in [-0.3, -0.25) is 9.59 Å². The van der Waals surface area contributed by atoms with Gasteiger partial charge in [0.25, 0.3) is 5.91 Å². The summed E-state index contributed by atoms with van der Waals surface area (Å²) in [5.74, 6) is 0.327. The van der Waals surface area contributed by atoms with Crippen molar-refractivity contribution in [3.8, 4) is 16.9 Å². The highest BCUT2D eigenvalue weighted by molar-refractivity contribution is 6.22. The number of ketones is 1. The molecule has 134 valence electrons. The predicted molar refractivity (Wildman–Crippen MR) is 105 cm³/mol. The highest BCUT2D eigenvalue weighted by Crippen LogP contribution is 2.37. The fourth-order valence-corrected chi connectivity index (χ4v) is 3.27. The quantitative estimate of drug-likeness (QED) is 0.550. The van der Waals surface area contributed by atoms with Crippen LogP contribution in [0.3, 0.4) is 0 Å². The second-order valence-corrected chi connectivity index (χ2v) is 6.43. The van der Waals surface area contributed by atoms with Crippen molar-refractivity contribution in [1.29, 1.82) is 0 Å². The van der Waals surface area contributed by atoms with Crippen LogP contribution in [-0.4, -0.2) is 18.3 Å². The third kappa shape index (κ3) is 3.10. The first-order chi connectivity index (χ1) is 13.2. The number of hydrogen-bond acceptors (Lipinski definition) is 3. The van der Waals surface area contributed by atoms with E-state index < -0.39 is 0 Å². The van der Waals surface area contributed by atoms with E-state index in [-0.39, 0.29) is 11.7 Å². The Morgan fingerprint density at radius 2 is 1.59 bits per heavy atom. The van der Waals surface area contributed by atoms with Crippen molar-refractivity contribution < 1.29 is 14.3 Å². The molecule has 0 bridgehead atoms. The van der Waals surface area contributed by atoms with E-state index in [0.717, 1.165) is 17.5 Å². The summed E-state index contributed by atoms with van der Waals surface area (Å²) in [5, 5.41) is 2.89. The van der Waals surface area contributed by atoms with E-state index in [2.05, 4.69) is 5.32 Å². The molecule has 1 amide bonds. The SMILES string of the molecule is CCCOc1ccccc1NC(=O)c1ccc2c(c1)C(=O)c1ccccc1-2. The van der Waals surface area contributed by atoms with Crippen molar-refractivity contribution in [2.24, 2.45) is 0 Å². The summed E-state index contributed by atoms with van der Waals surface area (Å²) in [4.78, 5) is 25.4. The molecule has 1 N–H and O–H groups in total. The Kier molecular flexibility index (Phi) is 4.47. The van der Waals surface area contributed by atoms with Gasteiger partial charge in [-0.25, -0.2) is 0 Å².